The lowest BCUT2D eigenvalue weighted by atomic mass is 10.3. The quantitative estimate of drug-likeness (QED) is 0.595. The van der Waals surface area contributed by atoms with E-state index in [9.17, 15) is 13.2 Å². The Morgan fingerprint density at radius 1 is 1.30 bits per heavy atom. The molecular weight excluding hydrogens is 315 g/mol. The Labute approximate surface area is 121 Å². The van der Waals surface area contributed by atoms with Gasteiger partial charge in [-0.05, 0) is 12.1 Å². The molecule has 0 unspecified atom stereocenters. The van der Waals surface area contributed by atoms with Gasteiger partial charge in [-0.15, -0.1) is 11.3 Å². The zero-order valence-corrected chi connectivity index (χ0v) is 11.4. The molecule has 0 aromatic carbocycles. The summed E-state index contributed by atoms with van der Waals surface area (Å²) in [5.74, 6) is 4.76. The van der Waals surface area contributed by atoms with Gasteiger partial charge in [-0.3, -0.25) is 5.43 Å². The molecule has 0 aliphatic rings. The van der Waals surface area contributed by atoms with Crippen molar-refractivity contribution in [2.45, 2.75) is 12.7 Å². The topological polar surface area (TPSA) is 75.9 Å². The summed E-state index contributed by atoms with van der Waals surface area (Å²) in [7, 11) is 0. The molecule has 0 aliphatic heterocycles. The first-order valence-electron chi connectivity index (χ1n) is 5.29. The fourth-order valence-electron chi connectivity index (χ4n) is 1.37. The molecule has 0 atom stereocenters. The monoisotopic (exact) mass is 323 g/mol. The van der Waals surface area contributed by atoms with Gasteiger partial charge in [0, 0.05) is 10.9 Å². The van der Waals surface area contributed by atoms with Gasteiger partial charge in [0.15, 0.2) is 5.69 Å². The summed E-state index contributed by atoms with van der Waals surface area (Å²) in [5.41, 5.74) is 0.925. The average Bonchev–Trinajstić information content (AvgIpc) is 2.81. The summed E-state index contributed by atoms with van der Waals surface area (Å²) in [6.07, 6.45) is -4.57. The molecule has 2 aromatic heterocycles. The maximum Gasteiger partial charge on any atom is 0.433 e. The van der Waals surface area contributed by atoms with Crippen molar-refractivity contribution in [3.8, 4) is 0 Å². The number of nitrogens with two attached hydrogens (primary N) is 1. The number of thiophene rings is 1. The molecule has 0 saturated carbocycles. The lowest BCUT2D eigenvalue weighted by Gasteiger charge is -2.10. The summed E-state index contributed by atoms with van der Waals surface area (Å²) < 4.78 is 38.5. The third kappa shape index (κ3) is 3.71. The first-order chi connectivity index (χ1) is 9.38. The van der Waals surface area contributed by atoms with Crippen LogP contribution in [0.25, 0.3) is 0 Å². The van der Waals surface area contributed by atoms with Crippen LogP contribution >= 0.6 is 22.9 Å². The molecule has 2 heterocycles. The predicted molar refractivity (Wildman–Crippen MR) is 71.5 cm³/mol. The van der Waals surface area contributed by atoms with Gasteiger partial charge < -0.3 is 5.32 Å². The van der Waals surface area contributed by atoms with Crippen LogP contribution in [0, 0.1) is 0 Å². The van der Waals surface area contributed by atoms with E-state index in [1.54, 1.807) is 12.1 Å². The molecule has 10 heteroatoms. The van der Waals surface area contributed by atoms with Gasteiger partial charge in [0.25, 0.3) is 0 Å². The molecule has 4 N–H and O–H groups in total. The summed E-state index contributed by atoms with van der Waals surface area (Å²) in [4.78, 5) is 7.92. The smallest absolute Gasteiger partial charge is 0.365 e. The Bertz CT molecular complexity index is 601. The van der Waals surface area contributed by atoms with Crippen LogP contribution in [0.4, 0.5) is 24.9 Å². The highest BCUT2D eigenvalue weighted by atomic mass is 35.5. The van der Waals surface area contributed by atoms with E-state index >= 15 is 0 Å². The Balaban J connectivity index is 2.18. The van der Waals surface area contributed by atoms with E-state index in [-0.39, 0.29) is 11.8 Å². The van der Waals surface area contributed by atoms with Crippen molar-refractivity contribution in [2.24, 2.45) is 5.84 Å². The number of nitrogens with one attached hydrogen (secondary N) is 2. The molecule has 0 bridgehead atoms. The molecule has 108 valence electrons. The van der Waals surface area contributed by atoms with Crippen molar-refractivity contribution in [1.82, 2.24) is 9.97 Å². The molecule has 20 heavy (non-hydrogen) atoms. The molecule has 0 amide bonds. The van der Waals surface area contributed by atoms with E-state index in [0.29, 0.717) is 10.9 Å². The number of halogens is 4. The Kier molecular flexibility index (Phi) is 4.31. The third-order valence-corrected chi connectivity index (χ3v) is 3.45. The zero-order chi connectivity index (χ0) is 14.8. The minimum absolute atomic E-state index is 0.0183. The molecule has 2 rings (SSSR count). The van der Waals surface area contributed by atoms with Crippen LogP contribution in [0.1, 0.15) is 10.6 Å². The maximum atomic E-state index is 12.6. The van der Waals surface area contributed by atoms with E-state index in [0.717, 1.165) is 10.9 Å². The van der Waals surface area contributed by atoms with E-state index in [1.807, 2.05) is 5.43 Å². The molecule has 0 fully saturated rings. The lowest BCUT2D eigenvalue weighted by molar-refractivity contribution is -0.141. The normalized spacial score (nSPS) is 11.4. The maximum absolute atomic E-state index is 12.6. The number of hydrazine groups is 1. The van der Waals surface area contributed by atoms with Crippen LogP contribution in [0.5, 0.6) is 0 Å². The zero-order valence-electron chi connectivity index (χ0n) is 9.83. The summed E-state index contributed by atoms with van der Waals surface area (Å²) in [6, 6.07) is 4.29. The minimum Gasteiger partial charge on any atom is -0.365 e. The standard InChI is InChI=1S/C10H9ClF3N5S/c11-7-2-1-5(20-7)4-16-8-3-6(10(12,13)14)17-9(18-8)19-15/h1-3H,4,15H2,(H2,16,17,18,19). The number of rotatable bonds is 4. The highest BCUT2D eigenvalue weighted by Gasteiger charge is 2.33. The molecule has 5 nitrogen and oxygen atoms in total. The van der Waals surface area contributed by atoms with E-state index < -0.39 is 11.9 Å². The summed E-state index contributed by atoms with van der Waals surface area (Å²) in [5, 5.41) is 2.77. The summed E-state index contributed by atoms with van der Waals surface area (Å²) >= 11 is 7.09. The Hall–Kier alpha value is -1.58. The second-order valence-electron chi connectivity index (χ2n) is 3.66. The van der Waals surface area contributed by atoms with Crippen LogP contribution in [-0.2, 0) is 12.7 Å². The third-order valence-electron chi connectivity index (χ3n) is 2.22. The lowest BCUT2D eigenvalue weighted by Crippen LogP contribution is -2.16. The van der Waals surface area contributed by atoms with Crippen molar-refractivity contribution < 1.29 is 13.2 Å². The number of anilines is 2. The van der Waals surface area contributed by atoms with Gasteiger partial charge in [0.2, 0.25) is 5.95 Å². The molecular formula is C10H9ClF3N5S. The molecule has 0 spiro atoms. The number of hydrogen-bond donors (Lipinski definition) is 3. The molecule has 2 aromatic rings. The molecule has 0 aliphatic carbocycles. The second-order valence-corrected chi connectivity index (χ2v) is 5.46. The van der Waals surface area contributed by atoms with Gasteiger partial charge in [0.1, 0.15) is 5.82 Å². The van der Waals surface area contributed by atoms with Crippen LogP contribution in [0.3, 0.4) is 0 Å². The van der Waals surface area contributed by atoms with Gasteiger partial charge in [-0.25, -0.2) is 10.8 Å². The van der Waals surface area contributed by atoms with E-state index in [2.05, 4.69) is 15.3 Å². The highest BCUT2D eigenvalue weighted by molar-refractivity contribution is 7.16. The number of nitrogens with zero attached hydrogens (tertiary/aromatic N) is 2. The predicted octanol–water partition coefficient (Wildman–Crippen LogP) is 3.11. The fourth-order valence-corrected chi connectivity index (χ4v) is 2.40. The minimum atomic E-state index is -4.57. The number of nitrogen functional groups attached to an aromatic ring is 1. The van der Waals surface area contributed by atoms with Crippen LogP contribution < -0.4 is 16.6 Å². The first-order valence-corrected chi connectivity index (χ1v) is 6.49. The van der Waals surface area contributed by atoms with Gasteiger partial charge in [0.05, 0.1) is 10.9 Å². The second kappa shape index (κ2) is 5.81. The van der Waals surface area contributed by atoms with E-state index in [4.69, 9.17) is 17.4 Å². The van der Waals surface area contributed by atoms with Crippen LogP contribution in [0.2, 0.25) is 4.34 Å². The largest absolute Gasteiger partial charge is 0.433 e. The van der Waals surface area contributed by atoms with Crippen LogP contribution in [0.15, 0.2) is 18.2 Å². The van der Waals surface area contributed by atoms with Gasteiger partial charge in [-0.2, -0.15) is 18.2 Å². The van der Waals surface area contributed by atoms with Crippen LogP contribution in [-0.4, -0.2) is 9.97 Å². The Morgan fingerprint density at radius 2 is 2.05 bits per heavy atom. The average molecular weight is 324 g/mol. The number of hydrogen-bond acceptors (Lipinski definition) is 6. The van der Waals surface area contributed by atoms with Crippen molar-refractivity contribution in [3.05, 3.63) is 33.1 Å². The van der Waals surface area contributed by atoms with Gasteiger partial charge in [-0.1, -0.05) is 11.6 Å². The van der Waals surface area contributed by atoms with Crippen molar-refractivity contribution in [3.63, 3.8) is 0 Å². The SMILES string of the molecule is NNc1nc(NCc2ccc(Cl)s2)cc(C(F)(F)F)n1. The highest BCUT2D eigenvalue weighted by Crippen LogP contribution is 2.30. The molecule has 0 saturated heterocycles. The number of alkyl halides is 3. The first kappa shape index (κ1) is 14.8. The van der Waals surface area contributed by atoms with Crippen molar-refractivity contribution >= 4 is 34.7 Å². The van der Waals surface area contributed by atoms with Crippen molar-refractivity contribution in [2.75, 3.05) is 10.7 Å². The fraction of sp³-hybridized carbons (Fsp3) is 0.200. The molecule has 0 radical (unpaired) electrons. The summed E-state index contributed by atoms with van der Waals surface area (Å²) in [6.45, 7) is 0.301. The number of aromatic nitrogens is 2. The Morgan fingerprint density at radius 3 is 2.60 bits per heavy atom. The van der Waals surface area contributed by atoms with E-state index in [1.165, 1.54) is 11.3 Å². The van der Waals surface area contributed by atoms with Gasteiger partial charge >= 0.3 is 6.18 Å². The van der Waals surface area contributed by atoms with Crippen molar-refractivity contribution in [1.29, 1.82) is 0 Å².